The molecule has 0 radical (unpaired) electrons. The zero-order valence-corrected chi connectivity index (χ0v) is 16.8. The van der Waals surface area contributed by atoms with E-state index in [9.17, 15) is 9.90 Å². The number of carbonyl (C=O) groups excluding carboxylic acids is 1. The molecular formula is C22H21BrN2O2. The third kappa shape index (κ3) is 4.81. The minimum atomic E-state index is -0.494. The Bertz CT molecular complexity index is 953. The number of carbonyl (C=O) groups is 1. The second kappa shape index (κ2) is 8.46. The summed E-state index contributed by atoms with van der Waals surface area (Å²) in [7, 11) is 0. The Morgan fingerprint density at radius 2 is 1.89 bits per heavy atom. The van der Waals surface area contributed by atoms with Crippen LogP contribution in [-0.2, 0) is 6.54 Å². The lowest BCUT2D eigenvalue weighted by molar-refractivity contribution is 0.0950. The molecule has 0 aliphatic rings. The summed E-state index contributed by atoms with van der Waals surface area (Å²) in [6.07, 6.45) is -0.494. The summed E-state index contributed by atoms with van der Waals surface area (Å²) in [5.74, 6) is -0.152. The first-order chi connectivity index (χ1) is 12.9. The molecule has 3 rings (SSSR count). The van der Waals surface area contributed by atoms with Crippen LogP contribution < -0.4 is 5.32 Å². The average Bonchev–Trinajstić information content (AvgIpc) is 2.66. The largest absolute Gasteiger partial charge is 0.389 e. The predicted molar refractivity (Wildman–Crippen MR) is 110 cm³/mol. The molecule has 1 heterocycles. The fourth-order valence-corrected chi connectivity index (χ4v) is 3.20. The van der Waals surface area contributed by atoms with E-state index in [1.165, 1.54) is 0 Å². The molecule has 0 unspecified atom stereocenters. The number of benzene rings is 2. The van der Waals surface area contributed by atoms with Crippen LogP contribution in [0.5, 0.6) is 0 Å². The number of halogens is 1. The average molecular weight is 425 g/mol. The van der Waals surface area contributed by atoms with Gasteiger partial charge in [0.1, 0.15) is 0 Å². The van der Waals surface area contributed by atoms with Gasteiger partial charge in [0, 0.05) is 16.6 Å². The fourth-order valence-electron chi connectivity index (χ4n) is 2.80. The second-order valence-electron chi connectivity index (χ2n) is 6.44. The molecule has 0 aliphatic heterocycles. The Hall–Kier alpha value is -2.50. The first-order valence-corrected chi connectivity index (χ1v) is 9.52. The molecule has 1 amide bonds. The molecule has 138 valence electrons. The van der Waals surface area contributed by atoms with Crippen molar-refractivity contribution in [1.82, 2.24) is 10.3 Å². The number of rotatable bonds is 5. The lowest BCUT2D eigenvalue weighted by Crippen LogP contribution is -2.24. The van der Waals surface area contributed by atoms with Gasteiger partial charge in [-0.2, -0.15) is 0 Å². The molecule has 0 spiro atoms. The summed E-state index contributed by atoms with van der Waals surface area (Å²) in [6, 6.07) is 19.1. The maximum absolute atomic E-state index is 12.5. The summed E-state index contributed by atoms with van der Waals surface area (Å²) in [4.78, 5) is 17.1. The van der Waals surface area contributed by atoms with Gasteiger partial charge in [-0.3, -0.25) is 9.78 Å². The minimum absolute atomic E-state index is 0.152. The van der Waals surface area contributed by atoms with Crippen molar-refractivity contribution < 1.29 is 9.90 Å². The van der Waals surface area contributed by atoms with Crippen LogP contribution in [-0.4, -0.2) is 16.0 Å². The van der Waals surface area contributed by atoms with Gasteiger partial charge in [0.2, 0.25) is 0 Å². The van der Waals surface area contributed by atoms with Gasteiger partial charge in [-0.15, -0.1) is 0 Å². The summed E-state index contributed by atoms with van der Waals surface area (Å²) in [6.45, 7) is 3.99. The highest BCUT2D eigenvalue weighted by Crippen LogP contribution is 2.22. The van der Waals surface area contributed by atoms with Crippen molar-refractivity contribution in [3.8, 4) is 11.3 Å². The van der Waals surface area contributed by atoms with Crippen molar-refractivity contribution in [3.63, 3.8) is 0 Å². The summed E-state index contributed by atoms with van der Waals surface area (Å²) in [5, 5.41) is 12.5. The Morgan fingerprint density at radius 3 is 2.52 bits per heavy atom. The van der Waals surface area contributed by atoms with Gasteiger partial charge < -0.3 is 10.4 Å². The second-order valence-corrected chi connectivity index (χ2v) is 7.36. The van der Waals surface area contributed by atoms with Crippen molar-refractivity contribution in [3.05, 3.63) is 87.5 Å². The van der Waals surface area contributed by atoms with E-state index in [1.54, 1.807) is 6.92 Å². The third-order valence-corrected chi connectivity index (χ3v) is 4.86. The lowest BCUT2D eigenvalue weighted by Gasteiger charge is -2.10. The Kier molecular flexibility index (Phi) is 6.04. The Labute approximate surface area is 167 Å². The molecule has 0 fully saturated rings. The number of aromatic nitrogens is 1. The molecule has 0 saturated heterocycles. The van der Waals surface area contributed by atoms with E-state index in [4.69, 9.17) is 0 Å². The molecule has 2 aromatic carbocycles. The molecule has 1 aromatic heterocycles. The van der Waals surface area contributed by atoms with Crippen LogP contribution in [0.15, 0.2) is 65.1 Å². The predicted octanol–water partition coefficient (Wildman–Crippen LogP) is 4.80. The van der Waals surface area contributed by atoms with E-state index in [1.807, 2.05) is 67.6 Å². The van der Waals surface area contributed by atoms with Crippen molar-refractivity contribution in [2.75, 3.05) is 0 Å². The highest BCUT2D eigenvalue weighted by molar-refractivity contribution is 9.10. The fraction of sp³-hybridized carbons (Fsp3) is 0.182. The van der Waals surface area contributed by atoms with Crippen LogP contribution in [0, 0.1) is 6.92 Å². The number of amides is 1. The van der Waals surface area contributed by atoms with Crippen molar-refractivity contribution >= 4 is 21.8 Å². The molecule has 2 N–H and O–H groups in total. The van der Waals surface area contributed by atoms with Crippen LogP contribution in [0.1, 0.15) is 40.2 Å². The minimum Gasteiger partial charge on any atom is -0.389 e. The molecule has 3 aromatic rings. The first-order valence-electron chi connectivity index (χ1n) is 8.73. The van der Waals surface area contributed by atoms with Gasteiger partial charge in [0.25, 0.3) is 5.91 Å². The number of aliphatic hydroxyl groups is 1. The van der Waals surface area contributed by atoms with E-state index in [0.29, 0.717) is 17.8 Å². The Balaban J connectivity index is 1.69. The number of hydrogen-bond acceptors (Lipinski definition) is 3. The molecule has 5 heteroatoms. The zero-order valence-electron chi connectivity index (χ0n) is 15.2. The van der Waals surface area contributed by atoms with Crippen molar-refractivity contribution in [2.24, 2.45) is 0 Å². The first kappa shape index (κ1) is 19.3. The summed E-state index contributed by atoms with van der Waals surface area (Å²) < 4.78 is 0.989. The van der Waals surface area contributed by atoms with E-state index >= 15 is 0 Å². The number of hydrogen-bond donors (Lipinski definition) is 2. The molecule has 0 bridgehead atoms. The maximum Gasteiger partial charge on any atom is 0.253 e. The molecule has 0 aliphatic carbocycles. The zero-order chi connectivity index (χ0) is 19.4. The van der Waals surface area contributed by atoms with E-state index < -0.39 is 6.10 Å². The number of aliphatic hydroxyl groups excluding tert-OH is 1. The van der Waals surface area contributed by atoms with Crippen molar-refractivity contribution in [2.45, 2.75) is 26.5 Å². The highest BCUT2D eigenvalue weighted by atomic mass is 79.9. The topological polar surface area (TPSA) is 62.2 Å². The van der Waals surface area contributed by atoms with Crippen LogP contribution in [0.4, 0.5) is 0 Å². The van der Waals surface area contributed by atoms with E-state index in [-0.39, 0.29) is 5.91 Å². The van der Waals surface area contributed by atoms with Gasteiger partial charge in [-0.25, -0.2) is 0 Å². The van der Waals surface area contributed by atoms with Crippen LogP contribution in [0.25, 0.3) is 11.3 Å². The summed E-state index contributed by atoms with van der Waals surface area (Å²) >= 11 is 3.46. The van der Waals surface area contributed by atoms with Crippen LogP contribution >= 0.6 is 15.9 Å². The Morgan fingerprint density at radius 1 is 1.15 bits per heavy atom. The molecule has 4 nitrogen and oxygen atoms in total. The third-order valence-electron chi connectivity index (χ3n) is 4.37. The SMILES string of the molecule is Cc1nc(-c2cccc(Br)c2)ccc1C(=O)NCc1ccc([C@@H](C)O)cc1. The molecule has 27 heavy (non-hydrogen) atoms. The molecule has 1 atom stereocenters. The normalized spacial score (nSPS) is 11.9. The van der Waals surface area contributed by atoms with Gasteiger partial charge >= 0.3 is 0 Å². The lowest BCUT2D eigenvalue weighted by atomic mass is 10.1. The van der Waals surface area contributed by atoms with Gasteiger partial charge in [0.15, 0.2) is 0 Å². The quantitative estimate of drug-likeness (QED) is 0.617. The number of pyridine rings is 1. The number of nitrogens with one attached hydrogen (secondary N) is 1. The standard InChI is InChI=1S/C22H21BrN2O2/c1-14-20(10-11-21(25-14)18-4-3-5-19(23)12-18)22(27)24-13-16-6-8-17(9-7-16)15(2)26/h3-12,15,26H,13H2,1-2H3,(H,24,27)/t15-/m1/s1. The maximum atomic E-state index is 12.5. The molecule has 0 saturated carbocycles. The smallest absolute Gasteiger partial charge is 0.253 e. The van der Waals surface area contributed by atoms with Crippen LogP contribution in [0.2, 0.25) is 0 Å². The summed E-state index contributed by atoms with van der Waals surface area (Å²) in [5.41, 5.74) is 4.91. The monoisotopic (exact) mass is 424 g/mol. The van der Waals surface area contributed by atoms with Crippen LogP contribution in [0.3, 0.4) is 0 Å². The van der Waals surface area contributed by atoms with E-state index in [0.717, 1.165) is 26.9 Å². The van der Waals surface area contributed by atoms with Gasteiger partial charge in [-0.05, 0) is 49.2 Å². The van der Waals surface area contributed by atoms with Gasteiger partial charge in [-0.1, -0.05) is 52.3 Å². The molecular weight excluding hydrogens is 404 g/mol. The van der Waals surface area contributed by atoms with E-state index in [2.05, 4.69) is 26.2 Å². The van der Waals surface area contributed by atoms with Crippen molar-refractivity contribution in [1.29, 1.82) is 0 Å². The van der Waals surface area contributed by atoms with Gasteiger partial charge in [0.05, 0.1) is 23.1 Å². The highest BCUT2D eigenvalue weighted by Gasteiger charge is 2.11. The number of nitrogens with zero attached hydrogens (tertiary/aromatic N) is 1. The number of aryl methyl sites for hydroxylation is 1.